The highest BCUT2D eigenvalue weighted by Crippen LogP contribution is 2.41. The number of amides is 1. The number of nitrogens with zero attached hydrogens (tertiary/aromatic N) is 4. The van der Waals surface area contributed by atoms with E-state index < -0.39 is 0 Å². The monoisotopic (exact) mass is 453 g/mol. The molecule has 2 aromatic heterocycles. The topological polar surface area (TPSA) is 74.5 Å². The molecule has 0 atom stereocenters. The van der Waals surface area contributed by atoms with Gasteiger partial charge >= 0.3 is 0 Å². The molecule has 34 heavy (non-hydrogen) atoms. The molecule has 1 aliphatic carbocycles. The van der Waals surface area contributed by atoms with Gasteiger partial charge in [0.15, 0.2) is 0 Å². The highest BCUT2D eigenvalue weighted by Gasteiger charge is 2.29. The standard InChI is InChI=1S/C27H27N5O2/c1-31-13-15-32(16-14-31)21-11-9-20(10-12-21)28-26(33)22-17-23(18-7-8-18)29-27-24(22)25(30-34-27)19-5-3-2-4-6-19/h2-6,9-12,17-18H,7-8,13-16H2,1H3,(H,28,33). The van der Waals surface area contributed by atoms with Crippen LogP contribution in [0.1, 0.15) is 34.8 Å². The van der Waals surface area contributed by atoms with Crippen LogP contribution in [0.25, 0.3) is 22.4 Å². The molecular weight excluding hydrogens is 426 g/mol. The Morgan fingerprint density at radius 2 is 1.74 bits per heavy atom. The lowest BCUT2D eigenvalue weighted by Gasteiger charge is -2.34. The van der Waals surface area contributed by atoms with Gasteiger partial charge in [0.25, 0.3) is 11.6 Å². The first-order valence-electron chi connectivity index (χ1n) is 11.9. The minimum Gasteiger partial charge on any atom is -0.369 e. The second-order valence-electron chi connectivity index (χ2n) is 9.24. The van der Waals surface area contributed by atoms with Crippen LogP contribution in [0.15, 0.2) is 65.2 Å². The highest BCUT2D eigenvalue weighted by atomic mass is 16.5. The lowest BCUT2D eigenvalue weighted by Crippen LogP contribution is -2.44. The van der Waals surface area contributed by atoms with Crippen molar-refractivity contribution in [1.29, 1.82) is 0 Å². The largest absolute Gasteiger partial charge is 0.369 e. The number of carbonyl (C=O) groups excluding carboxylic acids is 1. The average Bonchev–Trinajstić information content (AvgIpc) is 3.64. The van der Waals surface area contributed by atoms with E-state index in [1.165, 1.54) is 5.69 Å². The molecule has 2 aromatic carbocycles. The van der Waals surface area contributed by atoms with Crippen LogP contribution >= 0.6 is 0 Å². The minimum absolute atomic E-state index is 0.179. The number of fused-ring (bicyclic) bond motifs is 1. The first-order valence-corrected chi connectivity index (χ1v) is 11.9. The molecule has 1 aliphatic heterocycles. The summed E-state index contributed by atoms with van der Waals surface area (Å²) in [6.45, 7) is 4.14. The molecule has 4 aromatic rings. The number of nitrogens with one attached hydrogen (secondary N) is 1. The summed E-state index contributed by atoms with van der Waals surface area (Å²) in [6.07, 6.45) is 2.18. The van der Waals surface area contributed by atoms with Gasteiger partial charge in [-0.3, -0.25) is 4.79 Å². The molecule has 7 heteroatoms. The van der Waals surface area contributed by atoms with Crippen LogP contribution in [0.5, 0.6) is 0 Å². The minimum atomic E-state index is -0.179. The van der Waals surface area contributed by atoms with Gasteiger partial charge < -0.3 is 19.6 Å². The predicted molar refractivity (Wildman–Crippen MR) is 133 cm³/mol. The Bertz CT molecular complexity index is 1320. The van der Waals surface area contributed by atoms with Crippen LogP contribution in [0, 0.1) is 0 Å². The maximum Gasteiger partial charge on any atom is 0.259 e. The zero-order valence-corrected chi connectivity index (χ0v) is 19.2. The molecule has 1 saturated heterocycles. The van der Waals surface area contributed by atoms with Crippen LogP contribution in [0.3, 0.4) is 0 Å². The van der Waals surface area contributed by atoms with Gasteiger partial charge in [-0.25, -0.2) is 4.98 Å². The van der Waals surface area contributed by atoms with Crippen molar-refractivity contribution in [3.8, 4) is 11.3 Å². The number of hydrogen-bond acceptors (Lipinski definition) is 6. The summed E-state index contributed by atoms with van der Waals surface area (Å²) in [4.78, 5) is 22.9. The van der Waals surface area contributed by atoms with Gasteiger partial charge in [-0.05, 0) is 50.2 Å². The van der Waals surface area contributed by atoms with Crippen molar-refractivity contribution in [2.24, 2.45) is 0 Å². The van der Waals surface area contributed by atoms with Gasteiger partial charge in [0.05, 0.1) is 10.9 Å². The number of piperazine rings is 1. The fourth-order valence-corrected chi connectivity index (χ4v) is 4.55. The van der Waals surface area contributed by atoms with E-state index in [9.17, 15) is 4.79 Å². The van der Waals surface area contributed by atoms with E-state index in [4.69, 9.17) is 4.52 Å². The lowest BCUT2D eigenvalue weighted by molar-refractivity contribution is 0.102. The van der Waals surface area contributed by atoms with E-state index in [2.05, 4.69) is 44.4 Å². The third kappa shape index (κ3) is 4.03. The molecule has 0 spiro atoms. The Kier molecular flexibility index (Phi) is 5.26. The van der Waals surface area contributed by atoms with E-state index >= 15 is 0 Å². The van der Waals surface area contributed by atoms with Crippen molar-refractivity contribution in [1.82, 2.24) is 15.0 Å². The maximum atomic E-state index is 13.5. The van der Waals surface area contributed by atoms with Gasteiger partial charge in [-0.15, -0.1) is 0 Å². The number of pyridine rings is 1. The fourth-order valence-electron chi connectivity index (χ4n) is 4.55. The number of rotatable bonds is 5. The van der Waals surface area contributed by atoms with E-state index in [0.29, 0.717) is 28.3 Å². The van der Waals surface area contributed by atoms with Crippen LogP contribution in [0.2, 0.25) is 0 Å². The zero-order chi connectivity index (χ0) is 23.1. The number of aromatic nitrogens is 2. The molecule has 172 valence electrons. The first kappa shape index (κ1) is 20.9. The number of benzene rings is 2. The Balaban J connectivity index is 1.31. The number of likely N-dealkylation sites (N-methyl/N-ethyl adjacent to an activating group) is 1. The fraction of sp³-hybridized carbons (Fsp3) is 0.296. The molecule has 1 N–H and O–H groups in total. The molecule has 3 heterocycles. The molecule has 0 radical (unpaired) electrons. The third-order valence-corrected chi connectivity index (χ3v) is 6.75. The van der Waals surface area contributed by atoms with Crippen LogP contribution in [-0.4, -0.2) is 54.2 Å². The second kappa shape index (κ2) is 8.57. The molecule has 1 amide bonds. The first-order chi connectivity index (χ1) is 16.7. The van der Waals surface area contributed by atoms with Crippen molar-refractivity contribution in [2.45, 2.75) is 18.8 Å². The van der Waals surface area contributed by atoms with Gasteiger partial charge in [-0.1, -0.05) is 35.5 Å². The van der Waals surface area contributed by atoms with Crippen LogP contribution in [-0.2, 0) is 0 Å². The summed E-state index contributed by atoms with van der Waals surface area (Å²) in [7, 11) is 2.15. The SMILES string of the molecule is CN1CCN(c2ccc(NC(=O)c3cc(C4CC4)nc4onc(-c5ccccc5)c34)cc2)CC1. The Hall–Kier alpha value is -3.71. The number of anilines is 2. The third-order valence-electron chi connectivity index (χ3n) is 6.75. The highest BCUT2D eigenvalue weighted by molar-refractivity contribution is 6.14. The average molecular weight is 454 g/mol. The molecule has 0 unspecified atom stereocenters. The zero-order valence-electron chi connectivity index (χ0n) is 19.2. The second-order valence-corrected chi connectivity index (χ2v) is 9.24. The van der Waals surface area contributed by atoms with Gasteiger partial charge in [-0.2, -0.15) is 0 Å². The van der Waals surface area contributed by atoms with E-state index in [-0.39, 0.29) is 5.91 Å². The molecule has 1 saturated carbocycles. The molecule has 0 bridgehead atoms. The van der Waals surface area contributed by atoms with Crippen molar-refractivity contribution < 1.29 is 9.32 Å². The molecular formula is C27H27N5O2. The quantitative estimate of drug-likeness (QED) is 0.469. The van der Waals surface area contributed by atoms with Gasteiger partial charge in [0, 0.05) is 54.7 Å². The Morgan fingerprint density at radius 3 is 2.44 bits per heavy atom. The van der Waals surface area contributed by atoms with Crippen molar-refractivity contribution in [2.75, 3.05) is 43.4 Å². The number of carbonyl (C=O) groups is 1. The van der Waals surface area contributed by atoms with Crippen LogP contribution < -0.4 is 10.2 Å². The lowest BCUT2D eigenvalue weighted by atomic mass is 10.0. The van der Waals surface area contributed by atoms with Gasteiger partial charge in [0.2, 0.25) is 0 Å². The van der Waals surface area contributed by atoms with Crippen molar-refractivity contribution in [3.05, 3.63) is 71.9 Å². The van der Waals surface area contributed by atoms with Crippen molar-refractivity contribution in [3.63, 3.8) is 0 Å². The summed E-state index contributed by atoms with van der Waals surface area (Å²) >= 11 is 0. The van der Waals surface area contributed by atoms with E-state index in [1.807, 2.05) is 48.5 Å². The van der Waals surface area contributed by atoms with E-state index in [1.54, 1.807) is 0 Å². The van der Waals surface area contributed by atoms with E-state index in [0.717, 1.165) is 56.0 Å². The molecule has 2 aliphatic rings. The molecule has 7 nitrogen and oxygen atoms in total. The summed E-state index contributed by atoms with van der Waals surface area (Å²) in [5.41, 5.74) is 5.35. The molecule has 2 fully saturated rings. The normalized spacial score (nSPS) is 16.7. The Labute approximate surface area is 198 Å². The van der Waals surface area contributed by atoms with Crippen LogP contribution in [0.4, 0.5) is 11.4 Å². The van der Waals surface area contributed by atoms with Crippen molar-refractivity contribution >= 4 is 28.4 Å². The maximum absolute atomic E-state index is 13.5. The van der Waals surface area contributed by atoms with Gasteiger partial charge in [0.1, 0.15) is 5.69 Å². The number of hydrogen-bond donors (Lipinski definition) is 1. The molecule has 6 rings (SSSR count). The summed E-state index contributed by atoms with van der Waals surface area (Å²) < 4.78 is 5.60. The summed E-state index contributed by atoms with van der Waals surface area (Å²) in [6, 6.07) is 19.8. The Morgan fingerprint density at radius 1 is 1.00 bits per heavy atom. The smallest absolute Gasteiger partial charge is 0.259 e. The summed E-state index contributed by atoms with van der Waals surface area (Å²) in [5.74, 6) is 0.214. The predicted octanol–water partition coefficient (Wildman–Crippen LogP) is 4.77. The summed E-state index contributed by atoms with van der Waals surface area (Å²) in [5, 5.41) is 8.01.